The third kappa shape index (κ3) is 4.36. The Morgan fingerprint density at radius 1 is 1.43 bits per heavy atom. The van der Waals surface area contributed by atoms with Crippen LogP contribution in [0, 0.1) is 5.92 Å². The summed E-state index contributed by atoms with van der Waals surface area (Å²) in [6.45, 7) is 2.61. The van der Waals surface area contributed by atoms with Crippen LogP contribution in [-0.2, 0) is 6.42 Å². The zero-order valence-corrected chi connectivity index (χ0v) is 13.5. The van der Waals surface area contributed by atoms with E-state index in [9.17, 15) is 13.2 Å². The Kier molecular flexibility index (Phi) is 5.20. The summed E-state index contributed by atoms with van der Waals surface area (Å²) in [5, 5.41) is 0. The molecule has 0 radical (unpaired) electrons. The molecule has 1 fully saturated rings. The number of benzene rings is 1. The molecule has 1 aliphatic rings. The fourth-order valence-corrected chi connectivity index (χ4v) is 3.24. The maximum Gasteiger partial charge on any atom is 0.393 e. The van der Waals surface area contributed by atoms with Crippen LogP contribution >= 0.6 is 15.9 Å². The van der Waals surface area contributed by atoms with Crippen LogP contribution < -0.4 is 10.6 Å². The minimum absolute atomic E-state index is 0.0266. The number of halogens is 4. The summed E-state index contributed by atoms with van der Waals surface area (Å²) in [6, 6.07) is 5.69. The van der Waals surface area contributed by atoms with Crippen molar-refractivity contribution in [2.45, 2.75) is 38.4 Å². The summed E-state index contributed by atoms with van der Waals surface area (Å²) < 4.78 is 39.8. The molecule has 0 amide bonds. The Morgan fingerprint density at radius 3 is 2.76 bits per heavy atom. The number of nitrogens with two attached hydrogens (primary N) is 1. The van der Waals surface area contributed by atoms with Crippen LogP contribution in [0.25, 0.3) is 0 Å². The second-order valence-corrected chi connectivity index (χ2v) is 6.70. The van der Waals surface area contributed by atoms with Gasteiger partial charge >= 0.3 is 6.18 Å². The third-order valence-corrected chi connectivity index (χ3v) is 4.30. The van der Waals surface area contributed by atoms with E-state index in [1.807, 2.05) is 30.0 Å². The molecule has 0 bridgehead atoms. The van der Waals surface area contributed by atoms with Crippen LogP contribution in [0.15, 0.2) is 22.7 Å². The lowest BCUT2D eigenvalue weighted by atomic mass is 9.95. The molecule has 118 valence electrons. The molecule has 0 aromatic heterocycles. The Bertz CT molecular complexity index is 488. The predicted octanol–water partition coefficient (Wildman–Crippen LogP) is 4.12. The molecule has 0 aliphatic carbocycles. The molecule has 1 saturated heterocycles. The average Bonchev–Trinajstić information content (AvgIpc) is 2.37. The van der Waals surface area contributed by atoms with Crippen molar-refractivity contribution in [3.05, 3.63) is 28.2 Å². The fraction of sp³-hybridized carbons (Fsp3) is 0.600. The smallest absolute Gasteiger partial charge is 0.371 e. The molecule has 0 spiro atoms. The van der Waals surface area contributed by atoms with Crippen LogP contribution in [-0.4, -0.2) is 25.3 Å². The van der Waals surface area contributed by atoms with Gasteiger partial charge in [0.15, 0.2) is 0 Å². The Labute approximate surface area is 131 Å². The highest BCUT2D eigenvalue weighted by Gasteiger charge is 2.42. The first-order valence-corrected chi connectivity index (χ1v) is 7.92. The van der Waals surface area contributed by atoms with Crippen molar-refractivity contribution in [3.63, 3.8) is 0 Å². The van der Waals surface area contributed by atoms with E-state index < -0.39 is 12.1 Å². The SMILES string of the molecule is CC(N)Cc1cc(Br)ccc1N1CCCC(C(F)(F)F)C1. The van der Waals surface area contributed by atoms with E-state index in [-0.39, 0.29) is 19.0 Å². The number of hydrogen-bond acceptors (Lipinski definition) is 2. The van der Waals surface area contributed by atoms with Gasteiger partial charge in [-0.15, -0.1) is 0 Å². The zero-order valence-electron chi connectivity index (χ0n) is 12.0. The van der Waals surface area contributed by atoms with Crippen molar-refractivity contribution in [2.75, 3.05) is 18.0 Å². The molecule has 1 aromatic carbocycles. The third-order valence-electron chi connectivity index (χ3n) is 3.81. The monoisotopic (exact) mass is 364 g/mol. The molecule has 1 heterocycles. The van der Waals surface area contributed by atoms with Crippen LogP contribution in [0.1, 0.15) is 25.3 Å². The van der Waals surface area contributed by atoms with Gasteiger partial charge in [0, 0.05) is 29.3 Å². The van der Waals surface area contributed by atoms with Crippen molar-refractivity contribution in [1.82, 2.24) is 0 Å². The van der Waals surface area contributed by atoms with Gasteiger partial charge < -0.3 is 10.6 Å². The molecule has 0 saturated carbocycles. The number of alkyl halides is 3. The van der Waals surface area contributed by atoms with Crippen LogP contribution in [0.3, 0.4) is 0 Å². The van der Waals surface area contributed by atoms with Gasteiger partial charge in [-0.2, -0.15) is 13.2 Å². The molecule has 2 rings (SSSR count). The fourth-order valence-electron chi connectivity index (χ4n) is 2.84. The van der Waals surface area contributed by atoms with Gasteiger partial charge in [-0.3, -0.25) is 0 Å². The highest BCUT2D eigenvalue weighted by atomic mass is 79.9. The first-order chi connectivity index (χ1) is 9.77. The molecule has 2 unspecified atom stereocenters. The molecule has 2 atom stereocenters. The van der Waals surface area contributed by atoms with Crippen molar-refractivity contribution < 1.29 is 13.2 Å². The van der Waals surface area contributed by atoms with E-state index >= 15 is 0 Å². The van der Waals surface area contributed by atoms with Gasteiger partial charge in [0.1, 0.15) is 0 Å². The zero-order chi connectivity index (χ0) is 15.6. The van der Waals surface area contributed by atoms with Gasteiger partial charge in [0.05, 0.1) is 5.92 Å². The van der Waals surface area contributed by atoms with Crippen molar-refractivity contribution in [3.8, 4) is 0 Å². The second-order valence-electron chi connectivity index (χ2n) is 5.78. The van der Waals surface area contributed by atoms with Crippen LogP contribution in [0.2, 0.25) is 0 Å². The standard InChI is InChI=1S/C15H20BrF3N2/c1-10(20)7-11-8-13(16)4-5-14(11)21-6-2-3-12(9-21)15(17,18)19/h4-5,8,10,12H,2-3,6-7,9,20H2,1H3. The normalized spacial score (nSPS) is 21.4. The van der Waals surface area contributed by atoms with Crippen LogP contribution in [0.5, 0.6) is 0 Å². The van der Waals surface area contributed by atoms with Crippen LogP contribution in [0.4, 0.5) is 18.9 Å². The molecule has 1 aliphatic heterocycles. The quantitative estimate of drug-likeness (QED) is 0.873. The molecule has 2 N–H and O–H groups in total. The average molecular weight is 365 g/mol. The summed E-state index contributed by atoms with van der Waals surface area (Å²) in [6.07, 6.45) is -2.67. The highest BCUT2D eigenvalue weighted by Crippen LogP contribution is 2.36. The number of piperidine rings is 1. The first kappa shape index (κ1) is 16.6. The lowest BCUT2D eigenvalue weighted by Crippen LogP contribution is -2.42. The van der Waals surface area contributed by atoms with Gasteiger partial charge in [0.25, 0.3) is 0 Å². The van der Waals surface area contributed by atoms with Gasteiger partial charge in [-0.1, -0.05) is 15.9 Å². The number of hydrogen-bond donors (Lipinski definition) is 1. The number of rotatable bonds is 3. The molecule has 21 heavy (non-hydrogen) atoms. The number of nitrogens with zero attached hydrogens (tertiary/aromatic N) is 1. The molecular weight excluding hydrogens is 345 g/mol. The summed E-state index contributed by atoms with van der Waals surface area (Å²) in [5.74, 6) is -1.24. The van der Waals surface area contributed by atoms with E-state index in [1.54, 1.807) is 0 Å². The Morgan fingerprint density at radius 2 is 2.14 bits per heavy atom. The summed E-state index contributed by atoms with van der Waals surface area (Å²) >= 11 is 3.41. The maximum absolute atomic E-state index is 13.0. The first-order valence-electron chi connectivity index (χ1n) is 7.13. The molecule has 6 heteroatoms. The lowest BCUT2D eigenvalue weighted by Gasteiger charge is -2.36. The largest absolute Gasteiger partial charge is 0.393 e. The molecule has 1 aromatic rings. The second kappa shape index (κ2) is 6.57. The Balaban J connectivity index is 2.24. The van der Waals surface area contributed by atoms with Crippen molar-refractivity contribution in [1.29, 1.82) is 0 Å². The topological polar surface area (TPSA) is 29.3 Å². The van der Waals surface area contributed by atoms with E-state index in [4.69, 9.17) is 5.73 Å². The van der Waals surface area contributed by atoms with Gasteiger partial charge in [-0.05, 0) is 49.9 Å². The van der Waals surface area contributed by atoms with Gasteiger partial charge in [0.2, 0.25) is 0 Å². The maximum atomic E-state index is 13.0. The minimum atomic E-state index is -4.12. The molecule has 2 nitrogen and oxygen atoms in total. The highest BCUT2D eigenvalue weighted by molar-refractivity contribution is 9.10. The Hall–Kier alpha value is -0.750. The van der Waals surface area contributed by atoms with E-state index in [1.165, 1.54) is 0 Å². The molecular formula is C15H20BrF3N2. The van der Waals surface area contributed by atoms with E-state index in [0.717, 1.165) is 15.7 Å². The van der Waals surface area contributed by atoms with Crippen molar-refractivity contribution >= 4 is 21.6 Å². The van der Waals surface area contributed by atoms with E-state index in [0.29, 0.717) is 19.4 Å². The predicted molar refractivity (Wildman–Crippen MR) is 82.5 cm³/mol. The summed E-state index contributed by atoms with van der Waals surface area (Å²) in [5.41, 5.74) is 7.74. The van der Waals surface area contributed by atoms with E-state index in [2.05, 4.69) is 15.9 Å². The minimum Gasteiger partial charge on any atom is -0.371 e. The van der Waals surface area contributed by atoms with Crippen molar-refractivity contribution in [2.24, 2.45) is 11.7 Å². The number of anilines is 1. The summed E-state index contributed by atoms with van der Waals surface area (Å²) in [7, 11) is 0. The summed E-state index contributed by atoms with van der Waals surface area (Å²) in [4.78, 5) is 1.85. The lowest BCUT2D eigenvalue weighted by molar-refractivity contribution is -0.176. The van der Waals surface area contributed by atoms with Gasteiger partial charge in [-0.25, -0.2) is 0 Å².